The maximum atomic E-state index is 12.3. The van der Waals surface area contributed by atoms with E-state index in [9.17, 15) is 9.59 Å². The number of methoxy groups -OCH3 is 2. The van der Waals surface area contributed by atoms with Crippen LogP contribution in [0.1, 0.15) is 12.5 Å². The zero-order valence-electron chi connectivity index (χ0n) is 14.8. The third-order valence-corrected chi connectivity index (χ3v) is 3.84. The van der Waals surface area contributed by atoms with Crippen molar-refractivity contribution >= 4 is 23.2 Å². The van der Waals surface area contributed by atoms with Crippen molar-refractivity contribution in [1.29, 1.82) is 0 Å². The number of nitrogens with zero attached hydrogens (tertiary/aromatic N) is 1. The van der Waals surface area contributed by atoms with E-state index in [1.807, 2.05) is 24.3 Å². The number of hydrogen-bond acceptors (Lipinski definition) is 4. The number of carbonyl (C=O) groups is 2. The van der Waals surface area contributed by atoms with E-state index < -0.39 is 0 Å². The van der Waals surface area contributed by atoms with Gasteiger partial charge in [0.15, 0.2) is 0 Å². The van der Waals surface area contributed by atoms with Crippen molar-refractivity contribution in [3.05, 3.63) is 48.0 Å². The molecule has 0 atom stereocenters. The van der Waals surface area contributed by atoms with E-state index >= 15 is 0 Å². The van der Waals surface area contributed by atoms with Gasteiger partial charge in [-0.2, -0.15) is 0 Å². The Morgan fingerprint density at radius 3 is 2.28 bits per heavy atom. The smallest absolute Gasteiger partial charge is 0.228 e. The van der Waals surface area contributed by atoms with Gasteiger partial charge in [-0.15, -0.1) is 0 Å². The number of benzene rings is 2. The predicted molar refractivity (Wildman–Crippen MR) is 97.4 cm³/mol. The lowest BCUT2D eigenvalue weighted by Crippen LogP contribution is -2.22. The molecule has 2 aromatic rings. The molecule has 0 unspecified atom stereocenters. The summed E-state index contributed by atoms with van der Waals surface area (Å²) in [6, 6.07) is 12.5. The van der Waals surface area contributed by atoms with Crippen LogP contribution in [-0.2, 0) is 16.0 Å². The molecule has 25 heavy (non-hydrogen) atoms. The average molecular weight is 342 g/mol. The van der Waals surface area contributed by atoms with E-state index in [2.05, 4.69) is 5.32 Å². The lowest BCUT2D eigenvalue weighted by atomic mass is 10.1. The van der Waals surface area contributed by atoms with Crippen LogP contribution in [0.15, 0.2) is 42.5 Å². The highest BCUT2D eigenvalue weighted by atomic mass is 16.5. The summed E-state index contributed by atoms with van der Waals surface area (Å²) < 4.78 is 10.4. The maximum Gasteiger partial charge on any atom is 0.228 e. The molecule has 6 heteroatoms. The number of amides is 2. The number of anilines is 2. The molecular weight excluding hydrogens is 320 g/mol. The van der Waals surface area contributed by atoms with Crippen molar-refractivity contribution in [2.75, 3.05) is 31.5 Å². The fourth-order valence-electron chi connectivity index (χ4n) is 2.31. The van der Waals surface area contributed by atoms with Gasteiger partial charge in [-0.3, -0.25) is 9.59 Å². The van der Waals surface area contributed by atoms with E-state index in [0.717, 1.165) is 11.3 Å². The van der Waals surface area contributed by atoms with Gasteiger partial charge < -0.3 is 19.7 Å². The highest BCUT2D eigenvalue weighted by Crippen LogP contribution is 2.29. The number of nitrogens with one attached hydrogen (secondary N) is 1. The first-order valence-corrected chi connectivity index (χ1v) is 7.79. The molecule has 6 nitrogen and oxygen atoms in total. The zero-order chi connectivity index (χ0) is 18.4. The highest BCUT2D eigenvalue weighted by molar-refractivity contribution is 5.94. The largest absolute Gasteiger partial charge is 0.497 e. The molecule has 0 aliphatic carbocycles. The Balaban J connectivity index is 2.06. The lowest BCUT2D eigenvalue weighted by molar-refractivity contribution is -0.116. The molecule has 0 radical (unpaired) electrons. The molecule has 132 valence electrons. The number of rotatable bonds is 6. The molecule has 0 spiro atoms. The number of hydrogen-bond donors (Lipinski definition) is 1. The van der Waals surface area contributed by atoms with E-state index in [-0.39, 0.29) is 18.2 Å². The Morgan fingerprint density at radius 2 is 1.72 bits per heavy atom. The average Bonchev–Trinajstić information content (AvgIpc) is 2.61. The first-order chi connectivity index (χ1) is 11.9. The third kappa shape index (κ3) is 4.73. The van der Waals surface area contributed by atoms with E-state index in [1.54, 1.807) is 44.4 Å². The van der Waals surface area contributed by atoms with Crippen molar-refractivity contribution in [2.45, 2.75) is 13.3 Å². The van der Waals surface area contributed by atoms with Gasteiger partial charge in [0.25, 0.3) is 0 Å². The van der Waals surface area contributed by atoms with Crippen LogP contribution >= 0.6 is 0 Å². The van der Waals surface area contributed by atoms with Gasteiger partial charge >= 0.3 is 0 Å². The Kier molecular flexibility index (Phi) is 6.00. The van der Waals surface area contributed by atoms with Crippen molar-refractivity contribution < 1.29 is 19.1 Å². The molecule has 2 amide bonds. The Bertz CT molecular complexity index is 757. The van der Waals surface area contributed by atoms with Crippen LogP contribution in [0.5, 0.6) is 11.5 Å². The standard InChI is InChI=1S/C19H22N2O4/c1-13(22)21(2)15-7-5-14(6-8-15)11-19(23)20-17-12-16(24-3)9-10-18(17)25-4/h5-10,12H,11H2,1-4H3,(H,20,23). The van der Waals surface area contributed by atoms with Gasteiger partial charge in [0.1, 0.15) is 11.5 Å². The predicted octanol–water partition coefficient (Wildman–Crippen LogP) is 2.87. The number of ether oxygens (including phenoxy) is 2. The maximum absolute atomic E-state index is 12.3. The van der Waals surface area contributed by atoms with Crippen LogP contribution in [0.25, 0.3) is 0 Å². The van der Waals surface area contributed by atoms with Gasteiger partial charge in [-0.25, -0.2) is 0 Å². The van der Waals surface area contributed by atoms with Crippen LogP contribution in [0, 0.1) is 0 Å². The Morgan fingerprint density at radius 1 is 1.04 bits per heavy atom. The quantitative estimate of drug-likeness (QED) is 0.876. The molecule has 0 saturated heterocycles. The van der Waals surface area contributed by atoms with Crippen LogP contribution < -0.4 is 19.7 Å². The fourth-order valence-corrected chi connectivity index (χ4v) is 2.31. The molecule has 0 saturated carbocycles. The van der Waals surface area contributed by atoms with E-state index in [4.69, 9.17) is 9.47 Å². The molecular formula is C19H22N2O4. The van der Waals surface area contributed by atoms with Crippen LogP contribution in [0.3, 0.4) is 0 Å². The SMILES string of the molecule is COc1ccc(OC)c(NC(=O)Cc2ccc(N(C)C(C)=O)cc2)c1. The fraction of sp³-hybridized carbons (Fsp3) is 0.263. The van der Waals surface area contributed by atoms with Crippen molar-refractivity contribution in [2.24, 2.45) is 0 Å². The molecule has 2 rings (SSSR count). The Hall–Kier alpha value is -3.02. The number of carbonyl (C=O) groups excluding carboxylic acids is 2. The van der Waals surface area contributed by atoms with Gasteiger partial charge in [0.2, 0.25) is 11.8 Å². The van der Waals surface area contributed by atoms with E-state index in [1.165, 1.54) is 6.92 Å². The van der Waals surface area contributed by atoms with Crippen LogP contribution in [0.4, 0.5) is 11.4 Å². The molecule has 0 aliphatic heterocycles. The molecule has 2 aromatic carbocycles. The first-order valence-electron chi connectivity index (χ1n) is 7.79. The molecule has 0 aliphatic rings. The van der Waals surface area contributed by atoms with Crippen LogP contribution in [-0.4, -0.2) is 33.1 Å². The molecule has 0 fully saturated rings. The summed E-state index contributed by atoms with van der Waals surface area (Å²) in [4.78, 5) is 25.2. The summed E-state index contributed by atoms with van der Waals surface area (Å²) in [5, 5.41) is 2.83. The van der Waals surface area contributed by atoms with Gasteiger partial charge in [-0.05, 0) is 29.8 Å². The second kappa shape index (κ2) is 8.19. The molecule has 1 N–H and O–H groups in total. The summed E-state index contributed by atoms with van der Waals surface area (Å²) in [7, 11) is 4.81. The summed E-state index contributed by atoms with van der Waals surface area (Å²) in [5.41, 5.74) is 2.19. The molecule has 0 heterocycles. The summed E-state index contributed by atoms with van der Waals surface area (Å²) >= 11 is 0. The van der Waals surface area contributed by atoms with E-state index in [0.29, 0.717) is 17.2 Å². The molecule has 0 bridgehead atoms. The highest BCUT2D eigenvalue weighted by Gasteiger charge is 2.11. The second-order valence-electron chi connectivity index (χ2n) is 5.54. The monoisotopic (exact) mass is 342 g/mol. The Labute approximate surface area is 147 Å². The zero-order valence-corrected chi connectivity index (χ0v) is 14.8. The minimum atomic E-state index is -0.167. The van der Waals surface area contributed by atoms with Crippen molar-refractivity contribution in [3.63, 3.8) is 0 Å². The van der Waals surface area contributed by atoms with Gasteiger partial charge in [0.05, 0.1) is 26.3 Å². The van der Waals surface area contributed by atoms with Gasteiger partial charge in [0, 0.05) is 25.7 Å². The topological polar surface area (TPSA) is 67.9 Å². The first kappa shape index (κ1) is 18.3. The summed E-state index contributed by atoms with van der Waals surface area (Å²) in [6.07, 6.45) is 0.213. The van der Waals surface area contributed by atoms with Crippen LogP contribution in [0.2, 0.25) is 0 Å². The summed E-state index contributed by atoms with van der Waals surface area (Å²) in [5.74, 6) is 0.982. The lowest BCUT2D eigenvalue weighted by Gasteiger charge is -2.15. The minimum Gasteiger partial charge on any atom is -0.497 e. The molecule has 0 aromatic heterocycles. The van der Waals surface area contributed by atoms with Gasteiger partial charge in [-0.1, -0.05) is 12.1 Å². The third-order valence-electron chi connectivity index (χ3n) is 3.84. The summed E-state index contributed by atoms with van der Waals surface area (Å²) in [6.45, 7) is 1.50. The minimum absolute atomic E-state index is 0.0457. The van der Waals surface area contributed by atoms with Crippen molar-refractivity contribution in [3.8, 4) is 11.5 Å². The van der Waals surface area contributed by atoms with Crippen molar-refractivity contribution in [1.82, 2.24) is 0 Å². The second-order valence-corrected chi connectivity index (χ2v) is 5.54. The normalized spacial score (nSPS) is 10.1.